The summed E-state index contributed by atoms with van der Waals surface area (Å²) in [5.41, 5.74) is 1.96. The second kappa shape index (κ2) is 6.64. The minimum Gasteiger partial charge on any atom is -0.281 e. The Morgan fingerprint density at radius 3 is 2.43 bits per heavy atom. The highest BCUT2D eigenvalue weighted by atomic mass is 32.2. The molecule has 2 aromatic rings. The maximum atomic E-state index is 12.3. The third-order valence-electron chi connectivity index (χ3n) is 3.03. The van der Waals surface area contributed by atoms with Gasteiger partial charge in [-0.2, -0.15) is 5.10 Å². The average Bonchev–Trinajstić information content (AvgIpc) is 2.78. The molecule has 0 aliphatic heterocycles. The highest BCUT2D eigenvalue weighted by Crippen LogP contribution is 2.19. The third kappa shape index (κ3) is 3.87. The van der Waals surface area contributed by atoms with E-state index in [2.05, 4.69) is 21.8 Å². The molecule has 0 radical (unpaired) electrons. The van der Waals surface area contributed by atoms with Gasteiger partial charge in [-0.25, -0.2) is 13.1 Å². The molecular formula is C14H19N3O2S2. The van der Waals surface area contributed by atoms with Crippen LogP contribution >= 0.6 is 11.8 Å². The van der Waals surface area contributed by atoms with Gasteiger partial charge in [-0.3, -0.25) is 5.10 Å². The first-order chi connectivity index (χ1) is 9.94. The Kier molecular flexibility index (Phi) is 5.08. The van der Waals surface area contributed by atoms with Gasteiger partial charge in [0.25, 0.3) is 0 Å². The fourth-order valence-corrected chi connectivity index (χ4v) is 4.10. The number of aromatic amines is 1. The normalized spacial score (nSPS) is 11.8. The van der Waals surface area contributed by atoms with E-state index >= 15 is 0 Å². The highest BCUT2D eigenvalue weighted by Gasteiger charge is 2.21. The Morgan fingerprint density at radius 2 is 1.90 bits per heavy atom. The molecule has 0 fully saturated rings. The van der Waals surface area contributed by atoms with Gasteiger partial charge in [0, 0.05) is 11.4 Å². The lowest BCUT2D eigenvalue weighted by molar-refractivity contribution is 0.580. The van der Waals surface area contributed by atoms with Crippen molar-refractivity contribution in [2.75, 3.05) is 5.75 Å². The van der Waals surface area contributed by atoms with E-state index in [0.29, 0.717) is 11.4 Å². The Balaban J connectivity index is 2.08. The van der Waals surface area contributed by atoms with Gasteiger partial charge in [0.1, 0.15) is 4.90 Å². The molecule has 0 aliphatic carbocycles. The number of thioether (sulfide) groups is 1. The zero-order chi connectivity index (χ0) is 15.5. The molecule has 2 rings (SSSR count). The van der Waals surface area contributed by atoms with Gasteiger partial charge in [-0.1, -0.05) is 19.1 Å². The Morgan fingerprint density at radius 1 is 1.24 bits per heavy atom. The van der Waals surface area contributed by atoms with E-state index in [9.17, 15) is 8.42 Å². The zero-order valence-corrected chi connectivity index (χ0v) is 13.9. The molecule has 0 unspecified atom stereocenters. The highest BCUT2D eigenvalue weighted by molar-refractivity contribution is 7.99. The summed E-state index contributed by atoms with van der Waals surface area (Å²) in [5, 5.41) is 6.61. The van der Waals surface area contributed by atoms with Crippen LogP contribution in [0.25, 0.3) is 0 Å². The second-order valence-electron chi connectivity index (χ2n) is 4.66. The summed E-state index contributed by atoms with van der Waals surface area (Å²) in [5.74, 6) is 1.02. The zero-order valence-electron chi connectivity index (χ0n) is 12.3. The van der Waals surface area contributed by atoms with E-state index in [1.165, 1.54) is 4.90 Å². The van der Waals surface area contributed by atoms with E-state index in [-0.39, 0.29) is 11.4 Å². The molecular weight excluding hydrogens is 306 g/mol. The molecule has 2 N–H and O–H groups in total. The summed E-state index contributed by atoms with van der Waals surface area (Å²) in [4.78, 5) is 1.42. The van der Waals surface area contributed by atoms with Crippen LogP contribution in [0.1, 0.15) is 23.9 Å². The van der Waals surface area contributed by atoms with Crippen molar-refractivity contribution in [3.63, 3.8) is 0 Å². The minimum absolute atomic E-state index is 0.237. The van der Waals surface area contributed by atoms with Gasteiger partial charge in [0.15, 0.2) is 0 Å². The number of benzene rings is 1. The topological polar surface area (TPSA) is 74.8 Å². The van der Waals surface area contributed by atoms with Crippen molar-refractivity contribution in [2.45, 2.75) is 37.1 Å². The number of aryl methyl sites for hydroxylation is 2. The number of H-pyrrole nitrogens is 1. The lowest BCUT2D eigenvalue weighted by atomic mass is 10.2. The fourth-order valence-electron chi connectivity index (χ4n) is 2.06. The molecule has 1 heterocycles. The number of nitrogens with zero attached hydrogens (tertiary/aromatic N) is 1. The van der Waals surface area contributed by atoms with Crippen molar-refractivity contribution < 1.29 is 8.42 Å². The van der Waals surface area contributed by atoms with Crippen LogP contribution in [0.5, 0.6) is 0 Å². The van der Waals surface area contributed by atoms with Crippen LogP contribution in [0.2, 0.25) is 0 Å². The number of nitrogens with one attached hydrogen (secondary N) is 2. The average molecular weight is 325 g/mol. The van der Waals surface area contributed by atoms with Crippen molar-refractivity contribution in [3.05, 3.63) is 41.2 Å². The van der Waals surface area contributed by atoms with Crippen molar-refractivity contribution >= 4 is 21.8 Å². The minimum atomic E-state index is -3.55. The quantitative estimate of drug-likeness (QED) is 0.801. The van der Waals surface area contributed by atoms with E-state index < -0.39 is 10.0 Å². The van der Waals surface area contributed by atoms with E-state index in [4.69, 9.17) is 0 Å². The predicted octanol–water partition coefficient (Wildman–Crippen LogP) is 2.62. The number of hydrogen-bond acceptors (Lipinski definition) is 4. The largest absolute Gasteiger partial charge is 0.281 e. The predicted molar refractivity (Wildman–Crippen MR) is 84.9 cm³/mol. The van der Waals surface area contributed by atoms with E-state index in [1.54, 1.807) is 25.6 Å². The molecule has 1 aromatic carbocycles. The van der Waals surface area contributed by atoms with Crippen LogP contribution in [0.4, 0.5) is 0 Å². The summed E-state index contributed by atoms with van der Waals surface area (Å²) < 4.78 is 27.2. The van der Waals surface area contributed by atoms with Gasteiger partial charge in [0.05, 0.1) is 11.4 Å². The Labute approximate surface area is 129 Å². The van der Waals surface area contributed by atoms with Gasteiger partial charge in [-0.05, 0) is 37.3 Å². The molecule has 0 spiro atoms. The molecule has 0 atom stereocenters. The van der Waals surface area contributed by atoms with Crippen LogP contribution in [-0.4, -0.2) is 24.4 Å². The molecule has 0 bridgehead atoms. The third-order valence-corrected chi connectivity index (χ3v) is 5.59. The molecule has 0 aliphatic rings. The maximum Gasteiger partial charge on any atom is 0.244 e. The Hall–Kier alpha value is -1.31. The molecule has 21 heavy (non-hydrogen) atoms. The van der Waals surface area contributed by atoms with Crippen molar-refractivity contribution in [1.82, 2.24) is 14.9 Å². The molecule has 7 heteroatoms. The summed E-state index contributed by atoms with van der Waals surface area (Å²) in [6.07, 6.45) is 0. The molecule has 0 amide bonds. The molecule has 0 saturated heterocycles. The molecule has 114 valence electrons. The van der Waals surface area contributed by atoms with Crippen molar-refractivity contribution in [2.24, 2.45) is 0 Å². The first-order valence-electron chi connectivity index (χ1n) is 6.67. The lowest BCUT2D eigenvalue weighted by Gasteiger charge is -2.07. The summed E-state index contributed by atoms with van der Waals surface area (Å²) >= 11 is 1.76. The van der Waals surface area contributed by atoms with Crippen molar-refractivity contribution in [1.29, 1.82) is 0 Å². The number of sulfonamides is 1. The van der Waals surface area contributed by atoms with E-state index in [1.807, 2.05) is 24.3 Å². The summed E-state index contributed by atoms with van der Waals surface area (Å²) in [6.45, 7) is 5.74. The van der Waals surface area contributed by atoms with Crippen molar-refractivity contribution in [3.8, 4) is 0 Å². The number of rotatable bonds is 6. The van der Waals surface area contributed by atoms with Crippen LogP contribution < -0.4 is 4.72 Å². The number of hydrogen-bond donors (Lipinski definition) is 2. The second-order valence-corrected chi connectivity index (χ2v) is 7.71. The Bertz CT molecular complexity index is 687. The maximum absolute atomic E-state index is 12.3. The lowest BCUT2D eigenvalue weighted by Crippen LogP contribution is -2.24. The summed E-state index contributed by atoms with van der Waals surface area (Å²) in [7, 11) is -3.55. The molecule has 5 nitrogen and oxygen atoms in total. The standard InChI is InChI=1S/C14H19N3O2S2/c1-4-20-13-7-5-12(6-8-13)9-15-21(18,19)14-10(2)16-17-11(14)3/h5-8,15H,4,9H2,1-3H3,(H,16,17). The van der Waals surface area contributed by atoms with Gasteiger partial charge in [-0.15, -0.1) is 11.8 Å². The fraction of sp³-hybridized carbons (Fsp3) is 0.357. The van der Waals surface area contributed by atoms with E-state index in [0.717, 1.165) is 11.3 Å². The van der Waals surface area contributed by atoms with Gasteiger partial charge in [0.2, 0.25) is 10.0 Å². The smallest absolute Gasteiger partial charge is 0.244 e. The van der Waals surface area contributed by atoms with Crippen LogP contribution in [0.15, 0.2) is 34.1 Å². The molecule has 1 aromatic heterocycles. The first kappa shape index (κ1) is 16.1. The van der Waals surface area contributed by atoms with Crippen LogP contribution in [0.3, 0.4) is 0 Å². The van der Waals surface area contributed by atoms with Gasteiger partial charge >= 0.3 is 0 Å². The SMILES string of the molecule is CCSc1ccc(CNS(=O)(=O)c2c(C)n[nH]c2C)cc1. The monoisotopic (exact) mass is 325 g/mol. The van der Waals surface area contributed by atoms with Crippen LogP contribution in [-0.2, 0) is 16.6 Å². The first-order valence-corrected chi connectivity index (χ1v) is 9.14. The van der Waals surface area contributed by atoms with Gasteiger partial charge < -0.3 is 0 Å². The van der Waals surface area contributed by atoms with Crippen LogP contribution in [0, 0.1) is 13.8 Å². The summed E-state index contributed by atoms with van der Waals surface area (Å²) in [6, 6.07) is 7.89. The number of aromatic nitrogens is 2. The molecule has 0 saturated carbocycles.